The fourth-order valence-corrected chi connectivity index (χ4v) is 3.86. The molecule has 2 rings (SSSR count). The van der Waals surface area contributed by atoms with Crippen molar-refractivity contribution in [2.75, 3.05) is 19.8 Å². The molecule has 0 saturated heterocycles. The lowest BCUT2D eigenvalue weighted by Crippen LogP contribution is -2.52. The molecule has 0 aromatic heterocycles. The molecular formula is C25H37N3O5. The lowest BCUT2D eigenvalue weighted by atomic mass is 10.0. The first-order valence-corrected chi connectivity index (χ1v) is 11.6. The highest BCUT2D eigenvalue weighted by molar-refractivity contribution is 5.87. The van der Waals surface area contributed by atoms with Crippen LogP contribution in [0.4, 0.5) is 4.79 Å². The molecule has 4 N–H and O–H groups in total. The van der Waals surface area contributed by atoms with E-state index in [1.165, 1.54) is 0 Å². The Balaban J connectivity index is 2.22. The molecule has 0 bridgehead atoms. The van der Waals surface area contributed by atoms with Crippen LogP contribution in [0.2, 0.25) is 0 Å². The van der Waals surface area contributed by atoms with Crippen molar-refractivity contribution in [1.29, 1.82) is 0 Å². The molecule has 2 atom stereocenters. The van der Waals surface area contributed by atoms with E-state index in [1.54, 1.807) is 4.90 Å². The van der Waals surface area contributed by atoms with Crippen LogP contribution in [0.5, 0.6) is 0 Å². The third-order valence-electron chi connectivity index (χ3n) is 5.59. The maximum atomic E-state index is 13.5. The molecule has 33 heavy (non-hydrogen) atoms. The first-order valence-electron chi connectivity index (χ1n) is 11.6. The molecule has 2 aromatic rings. The number of unbranched alkanes of at least 4 members (excludes halogenated alkanes) is 1. The number of carbonyl (C=O) groups excluding carboxylic acids is 1. The molecule has 182 valence electrons. The zero-order valence-electron chi connectivity index (χ0n) is 19.8. The Bertz CT molecular complexity index is 880. The molecule has 0 radical (unpaired) electrons. The molecule has 0 fully saturated rings. The number of ether oxygens (including phenoxy) is 2. The first kappa shape index (κ1) is 26.6. The summed E-state index contributed by atoms with van der Waals surface area (Å²) in [6.07, 6.45) is 0.109. The van der Waals surface area contributed by atoms with Gasteiger partial charge >= 0.3 is 6.09 Å². The van der Waals surface area contributed by atoms with Crippen molar-refractivity contribution >= 4 is 22.8 Å². The quantitative estimate of drug-likeness (QED) is 0.293. The number of nitrogens with two attached hydrogens (primary N) is 1. The van der Waals surface area contributed by atoms with Gasteiger partial charge in [0.25, 0.3) is 0 Å². The largest absolute Gasteiger partial charge is 0.465 e. The second-order valence-corrected chi connectivity index (χ2v) is 7.96. The zero-order valence-corrected chi connectivity index (χ0v) is 19.8. The summed E-state index contributed by atoms with van der Waals surface area (Å²) in [6, 6.07) is 13.1. The van der Waals surface area contributed by atoms with Crippen LogP contribution in [-0.2, 0) is 20.8 Å². The molecule has 0 aliphatic carbocycles. The lowest BCUT2D eigenvalue weighted by molar-refractivity contribution is -0.179. The van der Waals surface area contributed by atoms with E-state index in [4.69, 9.17) is 20.3 Å². The van der Waals surface area contributed by atoms with Crippen molar-refractivity contribution in [3.63, 3.8) is 0 Å². The predicted octanol–water partition coefficient (Wildman–Crippen LogP) is 3.72. The molecule has 0 aliphatic rings. The summed E-state index contributed by atoms with van der Waals surface area (Å²) in [5.41, 5.74) is 7.33. The van der Waals surface area contributed by atoms with Gasteiger partial charge in [-0.15, -0.1) is 0 Å². The Morgan fingerprint density at radius 2 is 1.73 bits per heavy atom. The summed E-state index contributed by atoms with van der Waals surface area (Å²) in [5.74, 6) is -0.175. The number of hydrogen-bond acceptors (Lipinski definition) is 5. The van der Waals surface area contributed by atoms with Crippen LogP contribution in [0.15, 0.2) is 42.5 Å². The number of rotatable bonds is 14. The second kappa shape index (κ2) is 13.8. The van der Waals surface area contributed by atoms with Gasteiger partial charge in [-0.25, -0.2) is 4.79 Å². The highest BCUT2D eigenvalue weighted by Crippen LogP contribution is 2.23. The summed E-state index contributed by atoms with van der Waals surface area (Å²) in [6.45, 7) is 7.36. The van der Waals surface area contributed by atoms with Crippen molar-refractivity contribution in [1.82, 2.24) is 10.2 Å². The zero-order chi connectivity index (χ0) is 24.2. The molecule has 0 heterocycles. The van der Waals surface area contributed by atoms with E-state index in [9.17, 15) is 9.59 Å². The summed E-state index contributed by atoms with van der Waals surface area (Å²) in [5, 5.41) is 13.2. The molecule has 0 aliphatic heterocycles. The van der Waals surface area contributed by atoms with E-state index in [1.807, 2.05) is 45.0 Å². The fourth-order valence-electron chi connectivity index (χ4n) is 3.86. The minimum Gasteiger partial charge on any atom is -0.465 e. The maximum Gasteiger partial charge on any atom is 0.404 e. The number of nitrogens with one attached hydrogen (secondary N) is 1. The Kier molecular flexibility index (Phi) is 11.1. The van der Waals surface area contributed by atoms with Gasteiger partial charge in [0.1, 0.15) is 0 Å². The Hall–Kier alpha value is -2.68. The van der Waals surface area contributed by atoms with E-state index in [0.29, 0.717) is 45.6 Å². The maximum absolute atomic E-state index is 13.5. The number of carbonyl (C=O) groups is 2. The number of hydrogen-bond donors (Lipinski definition) is 3. The van der Waals surface area contributed by atoms with Gasteiger partial charge in [-0.2, -0.15) is 0 Å². The van der Waals surface area contributed by atoms with Crippen LogP contribution in [-0.4, -0.2) is 60.1 Å². The molecule has 8 heteroatoms. The van der Waals surface area contributed by atoms with Crippen molar-refractivity contribution in [2.24, 2.45) is 5.73 Å². The third-order valence-corrected chi connectivity index (χ3v) is 5.59. The smallest absolute Gasteiger partial charge is 0.404 e. The number of fused-ring (bicyclic) bond motifs is 1. The molecule has 0 spiro atoms. The van der Waals surface area contributed by atoms with Crippen LogP contribution < -0.4 is 11.1 Å². The normalized spacial score (nSPS) is 13.1. The number of nitrogens with zero attached hydrogens (tertiary/aromatic N) is 1. The van der Waals surface area contributed by atoms with Gasteiger partial charge in [0.15, 0.2) is 6.29 Å². The molecule has 2 amide bonds. The standard InChI is InChI=1S/C25H37N3O5/c1-4-32-24(33-5-2)18(3)28(23(29)22(26)15-8-9-16-27-25(30)31)17-20-13-10-12-19-11-6-7-14-21(19)20/h6-7,10-14,18,22,24,27H,4-5,8-9,15-17,26H2,1-3H3,(H,30,31). The van der Waals surface area contributed by atoms with Gasteiger partial charge in [0.05, 0.1) is 12.1 Å². The minimum atomic E-state index is -1.05. The predicted molar refractivity (Wildman–Crippen MR) is 129 cm³/mol. The van der Waals surface area contributed by atoms with Crippen LogP contribution >= 0.6 is 0 Å². The molecule has 2 aromatic carbocycles. The van der Waals surface area contributed by atoms with E-state index in [2.05, 4.69) is 23.5 Å². The third kappa shape index (κ3) is 7.99. The van der Waals surface area contributed by atoms with Gasteiger partial charge in [0.2, 0.25) is 5.91 Å². The van der Waals surface area contributed by atoms with Gasteiger partial charge in [-0.05, 0) is 56.4 Å². The topological polar surface area (TPSA) is 114 Å². The van der Waals surface area contributed by atoms with Gasteiger partial charge in [-0.1, -0.05) is 42.5 Å². The van der Waals surface area contributed by atoms with Gasteiger partial charge in [-0.3, -0.25) is 4.79 Å². The average molecular weight is 460 g/mol. The fraction of sp³-hybridized carbons (Fsp3) is 0.520. The summed E-state index contributed by atoms with van der Waals surface area (Å²) < 4.78 is 11.6. The highest BCUT2D eigenvalue weighted by atomic mass is 16.7. The summed E-state index contributed by atoms with van der Waals surface area (Å²) in [4.78, 5) is 25.8. The average Bonchev–Trinajstić information content (AvgIpc) is 2.81. The van der Waals surface area contributed by atoms with Gasteiger partial charge < -0.3 is 30.5 Å². The van der Waals surface area contributed by atoms with Crippen molar-refractivity contribution in [3.05, 3.63) is 48.0 Å². The van der Waals surface area contributed by atoms with Crippen molar-refractivity contribution in [2.45, 2.75) is 65.0 Å². The highest BCUT2D eigenvalue weighted by Gasteiger charge is 2.31. The number of amides is 2. The monoisotopic (exact) mass is 459 g/mol. The van der Waals surface area contributed by atoms with E-state index in [-0.39, 0.29) is 11.9 Å². The molecule has 8 nitrogen and oxygen atoms in total. The van der Waals surface area contributed by atoms with E-state index >= 15 is 0 Å². The second-order valence-electron chi connectivity index (χ2n) is 7.96. The lowest BCUT2D eigenvalue weighted by Gasteiger charge is -2.36. The van der Waals surface area contributed by atoms with Crippen molar-refractivity contribution < 1.29 is 24.2 Å². The Morgan fingerprint density at radius 3 is 2.39 bits per heavy atom. The summed E-state index contributed by atoms with van der Waals surface area (Å²) in [7, 11) is 0. The van der Waals surface area contributed by atoms with Gasteiger partial charge in [0, 0.05) is 26.3 Å². The summed E-state index contributed by atoms with van der Waals surface area (Å²) >= 11 is 0. The Labute approximate surface area is 196 Å². The number of benzene rings is 2. The van der Waals surface area contributed by atoms with E-state index < -0.39 is 18.4 Å². The Morgan fingerprint density at radius 1 is 1.06 bits per heavy atom. The van der Waals surface area contributed by atoms with Crippen molar-refractivity contribution in [3.8, 4) is 0 Å². The van der Waals surface area contributed by atoms with E-state index in [0.717, 1.165) is 16.3 Å². The SMILES string of the molecule is CCOC(OCC)C(C)N(Cc1cccc2ccccc12)C(=O)C(N)CCCCNC(=O)O. The van der Waals surface area contributed by atoms with Crippen LogP contribution in [0.1, 0.15) is 45.6 Å². The molecular weight excluding hydrogens is 422 g/mol. The van der Waals surface area contributed by atoms with Crippen LogP contribution in [0, 0.1) is 0 Å². The minimum absolute atomic E-state index is 0.175. The molecule has 0 saturated carbocycles. The molecule has 2 unspecified atom stereocenters. The van der Waals surface area contributed by atoms with Crippen LogP contribution in [0.3, 0.4) is 0 Å². The van der Waals surface area contributed by atoms with Crippen LogP contribution in [0.25, 0.3) is 10.8 Å². The first-order chi connectivity index (χ1) is 15.9. The number of carboxylic acid groups (broad SMARTS) is 1.